The summed E-state index contributed by atoms with van der Waals surface area (Å²) in [7, 11) is 1.95. The van der Waals surface area contributed by atoms with E-state index in [2.05, 4.69) is 0 Å². The fourth-order valence-electron chi connectivity index (χ4n) is 4.06. The van der Waals surface area contributed by atoms with Gasteiger partial charge in [0.2, 0.25) is 5.91 Å². The Balaban J connectivity index is 1.40. The summed E-state index contributed by atoms with van der Waals surface area (Å²) in [5.74, 6) is 1.70. The smallest absolute Gasteiger partial charge is 0.267 e. The molecule has 158 valence electrons. The van der Waals surface area contributed by atoms with Crippen LogP contribution in [0.1, 0.15) is 13.3 Å². The Morgan fingerprint density at radius 1 is 1.03 bits per heavy atom. The van der Waals surface area contributed by atoms with E-state index in [9.17, 15) is 9.59 Å². The maximum Gasteiger partial charge on any atom is 0.267 e. The average molecular weight is 417 g/mol. The van der Waals surface area contributed by atoms with Crippen LogP contribution in [-0.2, 0) is 9.59 Å². The molecule has 2 aromatic carbocycles. The van der Waals surface area contributed by atoms with Gasteiger partial charge in [-0.05, 0) is 31.2 Å². The van der Waals surface area contributed by atoms with Crippen molar-refractivity contribution >= 4 is 40.2 Å². The number of benzene rings is 2. The number of para-hydroxylation sites is 4. The summed E-state index contributed by atoms with van der Waals surface area (Å²) in [5, 5.41) is 0. The summed E-state index contributed by atoms with van der Waals surface area (Å²) in [5.41, 5.74) is 2.25. The van der Waals surface area contributed by atoms with Crippen LogP contribution in [0.3, 0.4) is 0 Å². The van der Waals surface area contributed by atoms with E-state index in [1.165, 1.54) is 0 Å². The van der Waals surface area contributed by atoms with Gasteiger partial charge < -0.3 is 14.5 Å². The number of carbonyl (C=O) groups is 2. The quantitative estimate of drug-likeness (QED) is 0.652. The number of ether oxygens (including phenoxy) is 1. The molecule has 2 aliphatic heterocycles. The van der Waals surface area contributed by atoms with Crippen molar-refractivity contribution in [3.8, 4) is 5.75 Å². The van der Waals surface area contributed by atoms with E-state index < -0.39 is 6.10 Å². The minimum absolute atomic E-state index is 0.0802. The minimum Gasteiger partial charge on any atom is -0.479 e. The topological polar surface area (TPSA) is 78.9 Å². The van der Waals surface area contributed by atoms with E-state index in [1.54, 1.807) is 16.7 Å². The van der Waals surface area contributed by atoms with Crippen molar-refractivity contribution in [2.75, 3.05) is 41.4 Å². The molecule has 1 aromatic heterocycles. The molecule has 0 radical (unpaired) electrons. The number of hydrogen-bond acceptors (Lipinski definition) is 6. The van der Waals surface area contributed by atoms with Crippen molar-refractivity contribution in [3.63, 3.8) is 0 Å². The monoisotopic (exact) mass is 417 g/mol. The molecule has 31 heavy (non-hydrogen) atoms. The van der Waals surface area contributed by atoms with Crippen molar-refractivity contribution in [3.05, 3.63) is 48.5 Å². The highest BCUT2D eigenvalue weighted by Gasteiger charge is 2.33. The zero-order valence-electron chi connectivity index (χ0n) is 17.5. The summed E-state index contributed by atoms with van der Waals surface area (Å²) >= 11 is 0. The Kier molecular flexibility index (Phi) is 4.69. The van der Waals surface area contributed by atoms with E-state index in [0.717, 1.165) is 11.0 Å². The number of fused-ring (bicyclic) bond motifs is 3. The Morgan fingerprint density at radius 2 is 1.71 bits per heavy atom. The second kappa shape index (κ2) is 7.54. The van der Waals surface area contributed by atoms with Crippen LogP contribution >= 0.6 is 0 Å². The first-order chi connectivity index (χ1) is 15.0. The van der Waals surface area contributed by atoms with Crippen LogP contribution in [0.4, 0.5) is 17.3 Å². The molecule has 2 amide bonds. The van der Waals surface area contributed by atoms with E-state index >= 15 is 0 Å². The van der Waals surface area contributed by atoms with Crippen molar-refractivity contribution in [1.29, 1.82) is 0 Å². The summed E-state index contributed by atoms with van der Waals surface area (Å²) in [6, 6.07) is 15.0. The fraction of sp³-hybridized carbons (Fsp3) is 0.304. The first-order valence-corrected chi connectivity index (χ1v) is 10.4. The first-order valence-electron chi connectivity index (χ1n) is 10.4. The normalized spacial score (nSPS) is 17.9. The molecule has 1 unspecified atom stereocenters. The molecule has 3 heterocycles. The van der Waals surface area contributed by atoms with E-state index in [4.69, 9.17) is 14.7 Å². The van der Waals surface area contributed by atoms with Crippen LogP contribution in [0.25, 0.3) is 11.0 Å². The molecule has 0 N–H and O–H groups in total. The zero-order valence-corrected chi connectivity index (χ0v) is 17.5. The number of hydrogen-bond donors (Lipinski definition) is 0. The third-order valence-corrected chi connectivity index (χ3v) is 5.73. The van der Waals surface area contributed by atoms with Gasteiger partial charge in [0.25, 0.3) is 5.91 Å². The Morgan fingerprint density at radius 3 is 2.48 bits per heavy atom. The Labute approximate surface area is 180 Å². The lowest BCUT2D eigenvalue weighted by Gasteiger charge is -2.35. The van der Waals surface area contributed by atoms with Gasteiger partial charge in [-0.1, -0.05) is 24.3 Å². The van der Waals surface area contributed by atoms with Crippen LogP contribution in [0.2, 0.25) is 0 Å². The number of rotatable bonds is 3. The highest BCUT2D eigenvalue weighted by Crippen LogP contribution is 2.34. The van der Waals surface area contributed by atoms with E-state index in [-0.39, 0.29) is 24.8 Å². The number of carbonyl (C=O) groups excluding carboxylic acids is 2. The average Bonchev–Trinajstić information content (AvgIpc) is 2.78. The number of anilines is 3. The largest absolute Gasteiger partial charge is 0.479 e. The molecular weight excluding hydrogens is 394 g/mol. The molecule has 8 heteroatoms. The fourth-order valence-corrected chi connectivity index (χ4v) is 4.06. The van der Waals surface area contributed by atoms with Crippen LogP contribution in [0.15, 0.2) is 48.5 Å². The van der Waals surface area contributed by atoms with Gasteiger partial charge in [0, 0.05) is 33.1 Å². The summed E-state index contributed by atoms with van der Waals surface area (Å²) < 4.78 is 5.69. The lowest BCUT2D eigenvalue weighted by molar-refractivity contribution is -0.125. The van der Waals surface area contributed by atoms with Crippen LogP contribution < -0.4 is 19.4 Å². The minimum atomic E-state index is -0.577. The lowest BCUT2D eigenvalue weighted by Crippen LogP contribution is -2.47. The first kappa shape index (κ1) is 19.3. The van der Waals surface area contributed by atoms with Gasteiger partial charge in [-0.25, -0.2) is 9.97 Å². The van der Waals surface area contributed by atoms with Crippen molar-refractivity contribution in [2.45, 2.75) is 19.4 Å². The highest BCUT2D eigenvalue weighted by atomic mass is 16.5. The number of amides is 2. The summed E-state index contributed by atoms with van der Waals surface area (Å²) in [4.78, 5) is 40.7. The van der Waals surface area contributed by atoms with Crippen LogP contribution in [-0.4, -0.2) is 54.6 Å². The van der Waals surface area contributed by atoms with Crippen molar-refractivity contribution in [1.82, 2.24) is 9.97 Å². The molecule has 0 saturated carbocycles. The number of nitrogens with zero attached hydrogens (tertiary/aromatic N) is 5. The highest BCUT2D eigenvalue weighted by molar-refractivity contribution is 6.02. The van der Waals surface area contributed by atoms with Crippen LogP contribution in [0.5, 0.6) is 5.75 Å². The molecule has 1 atom stereocenters. The van der Waals surface area contributed by atoms with Crippen LogP contribution in [0, 0.1) is 0 Å². The van der Waals surface area contributed by atoms with E-state index in [1.807, 2.05) is 60.5 Å². The molecule has 0 bridgehead atoms. The molecule has 0 fully saturated rings. The third-order valence-electron chi connectivity index (χ3n) is 5.73. The molecule has 3 aromatic rings. The third kappa shape index (κ3) is 3.34. The zero-order chi connectivity index (χ0) is 21.5. The SMILES string of the molecule is CC1Oc2ccccc2N(CCC(=O)N2CCN(C)c3nc4ccccc4nc32)C1=O. The summed E-state index contributed by atoms with van der Waals surface area (Å²) in [6.45, 7) is 3.21. The number of likely N-dealkylation sites (N-methyl/N-ethyl adjacent to an activating group) is 1. The molecular formula is C23H23N5O3. The van der Waals surface area contributed by atoms with Gasteiger partial charge in [-0.2, -0.15) is 0 Å². The lowest BCUT2D eigenvalue weighted by atomic mass is 10.1. The second-order valence-corrected chi connectivity index (χ2v) is 7.79. The van der Waals surface area contributed by atoms with Gasteiger partial charge in [0.05, 0.1) is 16.7 Å². The molecule has 0 spiro atoms. The molecule has 0 aliphatic carbocycles. The van der Waals surface area contributed by atoms with Gasteiger partial charge in [-0.15, -0.1) is 0 Å². The molecule has 5 rings (SSSR count). The number of aromatic nitrogens is 2. The predicted molar refractivity (Wildman–Crippen MR) is 119 cm³/mol. The standard InChI is InChI=1S/C23H23N5O3/c1-15-23(30)27(18-9-5-6-10-19(18)31-15)12-11-20(29)28-14-13-26(2)21-22(28)25-17-8-4-3-7-16(17)24-21/h3-10,15H,11-14H2,1-2H3. The van der Waals surface area contributed by atoms with Crippen molar-refractivity contribution < 1.29 is 14.3 Å². The maximum atomic E-state index is 13.2. The van der Waals surface area contributed by atoms with Crippen molar-refractivity contribution in [2.24, 2.45) is 0 Å². The van der Waals surface area contributed by atoms with Gasteiger partial charge >= 0.3 is 0 Å². The van der Waals surface area contributed by atoms with Gasteiger partial charge in [0.15, 0.2) is 17.7 Å². The summed E-state index contributed by atoms with van der Waals surface area (Å²) in [6.07, 6.45) is -0.392. The molecule has 2 aliphatic rings. The second-order valence-electron chi connectivity index (χ2n) is 7.79. The Bertz CT molecular complexity index is 1180. The molecule has 0 saturated heterocycles. The predicted octanol–water partition coefficient (Wildman–Crippen LogP) is 2.62. The van der Waals surface area contributed by atoms with Gasteiger partial charge in [0.1, 0.15) is 5.75 Å². The van der Waals surface area contributed by atoms with E-state index in [0.29, 0.717) is 36.2 Å². The molecule has 8 nitrogen and oxygen atoms in total. The van der Waals surface area contributed by atoms with Gasteiger partial charge in [-0.3, -0.25) is 14.5 Å². The Hall–Kier alpha value is -3.68. The maximum absolute atomic E-state index is 13.2.